The Morgan fingerprint density at radius 3 is 2.64 bits per heavy atom. The molecule has 0 aromatic carbocycles. The minimum absolute atomic E-state index is 0.407. The van der Waals surface area contributed by atoms with Crippen LogP contribution in [0.3, 0.4) is 0 Å². The van der Waals surface area contributed by atoms with E-state index in [1.54, 1.807) is 36.8 Å². The predicted octanol–water partition coefficient (Wildman–Crippen LogP) is 2.71. The van der Waals surface area contributed by atoms with Crippen LogP contribution in [0.15, 0.2) is 24.4 Å². The smallest absolute Gasteiger partial charge is 0.224 e. The zero-order valence-corrected chi connectivity index (χ0v) is 14.4. The molecule has 4 aromatic rings. The van der Waals surface area contributed by atoms with Crippen LogP contribution in [0.2, 0.25) is 5.02 Å². The number of hydrogen-bond acceptors (Lipinski definition) is 7. The number of imidazole rings is 1. The van der Waals surface area contributed by atoms with Crippen molar-refractivity contribution in [2.24, 2.45) is 0 Å². The third kappa shape index (κ3) is 2.42. The molecule has 0 saturated carbocycles. The molecule has 4 aromatic heterocycles. The monoisotopic (exact) mass is 356 g/mol. The highest BCUT2D eigenvalue weighted by atomic mass is 35.5. The Morgan fingerprint density at radius 2 is 1.88 bits per heavy atom. The van der Waals surface area contributed by atoms with Crippen LogP contribution in [0.5, 0.6) is 11.8 Å². The van der Waals surface area contributed by atoms with Gasteiger partial charge in [0.25, 0.3) is 0 Å². The molecular formula is C16H13ClN6O2. The number of pyridine rings is 2. The van der Waals surface area contributed by atoms with Gasteiger partial charge in [0.05, 0.1) is 30.5 Å². The van der Waals surface area contributed by atoms with Crippen LogP contribution in [-0.2, 0) is 0 Å². The van der Waals surface area contributed by atoms with Crippen LogP contribution in [0.25, 0.3) is 28.2 Å². The van der Waals surface area contributed by atoms with E-state index in [4.69, 9.17) is 21.1 Å². The van der Waals surface area contributed by atoms with E-state index >= 15 is 0 Å². The van der Waals surface area contributed by atoms with E-state index in [1.165, 1.54) is 6.20 Å². The molecule has 8 nitrogen and oxygen atoms in total. The SMILES string of the molecule is COc1ccc2nnc3c(C)nc(-c4cc(Cl)cnc4OC)n3c2n1. The number of hydrogen-bond donors (Lipinski definition) is 0. The normalized spacial score (nSPS) is 11.2. The van der Waals surface area contributed by atoms with Crippen molar-refractivity contribution in [2.45, 2.75) is 6.92 Å². The van der Waals surface area contributed by atoms with Crippen LogP contribution >= 0.6 is 11.6 Å². The first kappa shape index (κ1) is 15.5. The Balaban J connectivity index is 2.15. The van der Waals surface area contributed by atoms with Gasteiger partial charge < -0.3 is 9.47 Å². The fourth-order valence-electron chi connectivity index (χ4n) is 2.65. The molecule has 0 bridgehead atoms. The Hall–Kier alpha value is -3.00. The fraction of sp³-hybridized carbons (Fsp3) is 0.188. The summed E-state index contributed by atoms with van der Waals surface area (Å²) in [5.41, 5.74) is 3.11. The lowest BCUT2D eigenvalue weighted by Gasteiger charge is -2.08. The topological polar surface area (TPSA) is 87.3 Å². The van der Waals surface area contributed by atoms with Crippen LogP contribution in [0, 0.1) is 6.92 Å². The van der Waals surface area contributed by atoms with Crippen molar-refractivity contribution in [1.29, 1.82) is 0 Å². The second-order valence-corrected chi connectivity index (χ2v) is 5.72. The van der Waals surface area contributed by atoms with E-state index in [1.807, 2.05) is 6.92 Å². The summed E-state index contributed by atoms with van der Waals surface area (Å²) in [7, 11) is 3.10. The highest BCUT2D eigenvalue weighted by Gasteiger charge is 2.20. The van der Waals surface area contributed by atoms with Crippen molar-refractivity contribution in [3.63, 3.8) is 0 Å². The molecular weight excluding hydrogens is 344 g/mol. The molecule has 0 atom stereocenters. The Morgan fingerprint density at radius 1 is 1.04 bits per heavy atom. The first-order valence-corrected chi connectivity index (χ1v) is 7.76. The van der Waals surface area contributed by atoms with Crippen molar-refractivity contribution in [3.8, 4) is 23.1 Å². The van der Waals surface area contributed by atoms with Crippen LogP contribution in [-0.4, -0.2) is 43.8 Å². The van der Waals surface area contributed by atoms with Gasteiger partial charge in [0.1, 0.15) is 5.52 Å². The Labute approximate surface area is 147 Å². The third-order valence-corrected chi connectivity index (χ3v) is 3.98. The van der Waals surface area contributed by atoms with Crippen molar-refractivity contribution < 1.29 is 9.47 Å². The molecule has 0 amide bonds. The number of rotatable bonds is 3. The van der Waals surface area contributed by atoms with Crippen molar-refractivity contribution in [3.05, 3.63) is 35.1 Å². The van der Waals surface area contributed by atoms with Gasteiger partial charge in [-0.1, -0.05) is 11.6 Å². The van der Waals surface area contributed by atoms with Gasteiger partial charge in [-0.05, 0) is 19.1 Å². The average molecular weight is 357 g/mol. The highest BCUT2D eigenvalue weighted by molar-refractivity contribution is 6.30. The van der Waals surface area contributed by atoms with Crippen molar-refractivity contribution in [1.82, 2.24) is 29.5 Å². The summed E-state index contributed by atoms with van der Waals surface area (Å²) in [5, 5.41) is 8.95. The number of aromatic nitrogens is 6. The van der Waals surface area contributed by atoms with E-state index in [2.05, 4.69) is 25.1 Å². The van der Waals surface area contributed by atoms with Gasteiger partial charge >= 0.3 is 0 Å². The molecule has 0 N–H and O–H groups in total. The third-order valence-electron chi connectivity index (χ3n) is 3.78. The number of nitrogens with zero attached hydrogens (tertiary/aromatic N) is 6. The lowest BCUT2D eigenvalue weighted by atomic mass is 10.2. The molecule has 0 spiro atoms. The standard InChI is InChI=1S/C16H13ClN6O2/c1-8-13-22-21-11-4-5-12(24-2)20-15(11)23(13)14(19-8)10-6-9(17)7-18-16(10)25-3/h4-7H,1-3H3. The molecule has 0 radical (unpaired) electrons. The molecule has 9 heteroatoms. The summed E-state index contributed by atoms with van der Waals surface area (Å²) in [4.78, 5) is 13.3. The maximum atomic E-state index is 6.13. The second-order valence-electron chi connectivity index (χ2n) is 5.29. The zero-order valence-electron chi connectivity index (χ0n) is 13.7. The molecule has 4 heterocycles. The number of halogens is 1. The van der Waals surface area contributed by atoms with Gasteiger partial charge in [-0.2, -0.15) is 4.98 Å². The molecule has 25 heavy (non-hydrogen) atoms. The van der Waals surface area contributed by atoms with E-state index in [0.717, 1.165) is 0 Å². The van der Waals surface area contributed by atoms with E-state index in [-0.39, 0.29) is 0 Å². The number of fused-ring (bicyclic) bond motifs is 3. The average Bonchev–Trinajstić information content (AvgIpc) is 2.98. The minimum Gasteiger partial charge on any atom is -0.481 e. The summed E-state index contributed by atoms with van der Waals surface area (Å²) in [6, 6.07) is 5.27. The second kappa shape index (κ2) is 5.82. The first-order valence-electron chi connectivity index (χ1n) is 7.38. The lowest BCUT2D eigenvalue weighted by Crippen LogP contribution is -2.01. The van der Waals surface area contributed by atoms with Gasteiger partial charge in [0.15, 0.2) is 17.1 Å². The van der Waals surface area contributed by atoms with E-state index in [9.17, 15) is 0 Å². The summed E-state index contributed by atoms with van der Waals surface area (Å²) < 4.78 is 12.4. The van der Waals surface area contributed by atoms with Gasteiger partial charge in [0, 0.05) is 12.3 Å². The van der Waals surface area contributed by atoms with Gasteiger partial charge in [-0.15, -0.1) is 10.2 Å². The maximum absolute atomic E-state index is 6.13. The summed E-state index contributed by atoms with van der Waals surface area (Å²) in [5.74, 6) is 1.44. The van der Waals surface area contributed by atoms with Crippen LogP contribution < -0.4 is 9.47 Å². The van der Waals surface area contributed by atoms with E-state index in [0.29, 0.717) is 50.7 Å². The lowest BCUT2D eigenvalue weighted by molar-refractivity contribution is 0.399. The fourth-order valence-corrected chi connectivity index (χ4v) is 2.81. The van der Waals surface area contributed by atoms with Crippen LogP contribution in [0.4, 0.5) is 0 Å². The molecule has 0 fully saturated rings. The summed E-state index contributed by atoms with van der Waals surface area (Å²) in [6.45, 7) is 1.85. The van der Waals surface area contributed by atoms with Gasteiger partial charge in [0.2, 0.25) is 11.8 Å². The zero-order chi connectivity index (χ0) is 17.6. The molecule has 0 aliphatic rings. The quantitative estimate of drug-likeness (QED) is 0.557. The Kier molecular flexibility index (Phi) is 3.61. The predicted molar refractivity (Wildman–Crippen MR) is 92.2 cm³/mol. The van der Waals surface area contributed by atoms with Gasteiger partial charge in [-0.25, -0.2) is 9.97 Å². The molecule has 4 rings (SSSR count). The molecule has 0 saturated heterocycles. The minimum atomic E-state index is 0.407. The molecule has 126 valence electrons. The number of ether oxygens (including phenoxy) is 2. The van der Waals surface area contributed by atoms with Crippen LogP contribution in [0.1, 0.15) is 5.69 Å². The molecule has 0 aliphatic carbocycles. The highest BCUT2D eigenvalue weighted by Crippen LogP contribution is 2.32. The van der Waals surface area contributed by atoms with Crippen molar-refractivity contribution >= 4 is 28.4 Å². The number of aryl methyl sites for hydroxylation is 1. The van der Waals surface area contributed by atoms with Crippen molar-refractivity contribution in [2.75, 3.05) is 14.2 Å². The van der Waals surface area contributed by atoms with Gasteiger partial charge in [-0.3, -0.25) is 4.40 Å². The van der Waals surface area contributed by atoms with E-state index < -0.39 is 0 Å². The number of methoxy groups -OCH3 is 2. The Bertz CT molecular complexity index is 1110. The maximum Gasteiger partial charge on any atom is 0.224 e. The first-order chi connectivity index (χ1) is 12.1. The molecule has 0 unspecified atom stereocenters. The summed E-state index contributed by atoms with van der Waals surface area (Å²) in [6.07, 6.45) is 1.52. The largest absolute Gasteiger partial charge is 0.481 e. The molecule has 0 aliphatic heterocycles. The summed E-state index contributed by atoms with van der Waals surface area (Å²) >= 11 is 6.13.